The van der Waals surface area contributed by atoms with Gasteiger partial charge in [0.25, 0.3) is 5.91 Å². The lowest BCUT2D eigenvalue weighted by atomic mass is 10.1. The van der Waals surface area contributed by atoms with E-state index < -0.39 is 0 Å². The Balaban J connectivity index is 1.31. The summed E-state index contributed by atoms with van der Waals surface area (Å²) < 4.78 is 2.23. The first-order valence-corrected chi connectivity index (χ1v) is 10.9. The van der Waals surface area contributed by atoms with Crippen molar-refractivity contribution in [3.63, 3.8) is 0 Å². The Kier molecular flexibility index (Phi) is 6.18. The van der Waals surface area contributed by atoms with Gasteiger partial charge in [-0.2, -0.15) is 10.4 Å². The second-order valence-electron chi connectivity index (χ2n) is 6.37. The van der Waals surface area contributed by atoms with Crippen molar-refractivity contribution in [2.75, 3.05) is 0 Å². The molecule has 0 radical (unpaired) electrons. The number of thioether (sulfide) groups is 1. The Bertz CT molecular complexity index is 1210. The predicted octanol–water partition coefficient (Wildman–Crippen LogP) is 5.22. The molecule has 0 fully saturated rings. The number of rotatable bonds is 6. The maximum atomic E-state index is 12.2. The third-order valence-electron chi connectivity index (χ3n) is 4.27. The molecule has 0 bridgehead atoms. The molecule has 3 aromatic carbocycles. The molecule has 5 nitrogen and oxygen atoms in total. The standard InChI is InChI=1S/C23H16N4OS2/c24-13-16-5-7-17(8-6-16)14-25-27-22(28)19-11-9-18(10-12-19)15-29-23-26-20-3-1-2-4-21(20)30-23/h1-12,14H,15H2,(H,27,28). The molecule has 0 atom stereocenters. The molecule has 7 heteroatoms. The molecular formula is C23H16N4OS2. The normalized spacial score (nSPS) is 10.9. The highest BCUT2D eigenvalue weighted by atomic mass is 32.2. The molecule has 1 N–H and O–H groups in total. The SMILES string of the molecule is N#Cc1ccc(C=NNC(=O)c2ccc(CSc3nc4ccccc4s3)cc2)cc1. The van der Waals surface area contributed by atoms with Crippen LogP contribution in [0.2, 0.25) is 0 Å². The van der Waals surface area contributed by atoms with Crippen molar-refractivity contribution in [2.45, 2.75) is 10.1 Å². The van der Waals surface area contributed by atoms with Crippen molar-refractivity contribution < 1.29 is 4.79 Å². The van der Waals surface area contributed by atoms with Gasteiger partial charge >= 0.3 is 0 Å². The van der Waals surface area contributed by atoms with Gasteiger partial charge in [0.1, 0.15) is 0 Å². The van der Waals surface area contributed by atoms with E-state index in [0.29, 0.717) is 11.1 Å². The summed E-state index contributed by atoms with van der Waals surface area (Å²) in [6.07, 6.45) is 1.54. The highest BCUT2D eigenvalue weighted by Crippen LogP contribution is 2.31. The number of nitriles is 1. The first-order chi connectivity index (χ1) is 14.7. The Morgan fingerprint density at radius 1 is 1.10 bits per heavy atom. The van der Waals surface area contributed by atoms with E-state index in [1.807, 2.05) is 30.3 Å². The number of aromatic nitrogens is 1. The molecule has 146 valence electrons. The molecule has 0 saturated carbocycles. The van der Waals surface area contributed by atoms with Gasteiger partial charge in [0.2, 0.25) is 0 Å². The molecule has 4 rings (SSSR count). The third-order valence-corrected chi connectivity index (χ3v) is 6.52. The first kappa shape index (κ1) is 19.8. The topological polar surface area (TPSA) is 78.1 Å². The number of carbonyl (C=O) groups excluding carboxylic acids is 1. The third kappa shape index (κ3) is 4.92. The molecule has 1 heterocycles. The molecule has 30 heavy (non-hydrogen) atoms. The van der Waals surface area contributed by atoms with Gasteiger partial charge in [-0.05, 0) is 47.5 Å². The van der Waals surface area contributed by atoms with Crippen LogP contribution in [-0.2, 0) is 5.75 Å². The van der Waals surface area contributed by atoms with Crippen LogP contribution >= 0.6 is 23.1 Å². The van der Waals surface area contributed by atoms with Gasteiger partial charge in [0.05, 0.1) is 28.1 Å². The van der Waals surface area contributed by atoms with Crippen LogP contribution < -0.4 is 5.43 Å². The van der Waals surface area contributed by atoms with Crippen LogP contribution in [0, 0.1) is 11.3 Å². The molecule has 0 spiro atoms. The van der Waals surface area contributed by atoms with Crippen molar-refractivity contribution in [3.05, 3.63) is 95.1 Å². The maximum absolute atomic E-state index is 12.2. The average Bonchev–Trinajstić information content (AvgIpc) is 3.21. The molecule has 0 aliphatic rings. The van der Waals surface area contributed by atoms with Crippen LogP contribution in [0.1, 0.15) is 27.0 Å². The van der Waals surface area contributed by atoms with Gasteiger partial charge in [-0.25, -0.2) is 10.4 Å². The summed E-state index contributed by atoms with van der Waals surface area (Å²) >= 11 is 3.38. The first-order valence-electron chi connectivity index (χ1n) is 9.12. The minimum Gasteiger partial charge on any atom is -0.267 e. The number of hydrogen-bond donors (Lipinski definition) is 1. The van der Waals surface area contributed by atoms with E-state index in [4.69, 9.17) is 5.26 Å². The summed E-state index contributed by atoms with van der Waals surface area (Å²) in [4.78, 5) is 16.9. The Morgan fingerprint density at radius 3 is 2.60 bits per heavy atom. The smallest absolute Gasteiger partial charge is 0.267 e. The summed E-state index contributed by atoms with van der Waals surface area (Å²) in [6, 6.07) is 24.6. The highest BCUT2D eigenvalue weighted by molar-refractivity contribution is 8.00. The fraction of sp³-hybridized carbons (Fsp3) is 0.0435. The molecule has 0 unspecified atom stereocenters. The van der Waals surface area contributed by atoms with Crippen molar-refractivity contribution in [1.82, 2.24) is 10.4 Å². The molecule has 0 aliphatic carbocycles. The molecular weight excluding hydrogens is 412 g/mol. The number of nitrogens with zero attached hydrogens (tertiary/aromatic N) is 3. The summed E-state index contributed by atoms with van der Waals surface area (Å²) in [7, 11) is 0. The number of para-hydroxylation sites is 1. The maximum Gasteiger partial charge on any atom is 0.271 e. The Morgan fingerprint density at radius 2 is 1.87 bits per heavy atom. The Hall–Kier alpha value is -3.47. The molecule has 0 aliphatic heterocycles. The predicted molar refractivity (Wildman–Crippen MR) is 122 cm³/mol. The van der Waals surface area contributed by atoms with E-state index in [1.165, 1.54) is 4.70 Å². The zero-order valence-corrected chi connectivity index (χ0v) is 17.4. The Labute approximate surface area is 182 Å². The molecule has 1 aromatic heterocycles. The second kappa shape index (κ2) is 9.35. The summed E-state index contributed by atoms with van der Waals surface area (Å²) in [5.74, 6) is 0.517. The number of fused-ring (bicyclic) bond motifs is 1. The van der Waals surface area contributed by atoms with Crippen LogP contribution in [0.4, 0.5) is 0 Å². The average molecular weight is 429 g/mol. The van der Waals surface area contributed by atoms with Crippen molar-refractivity contribution in [3.8, 4) is 6.07 Å². The van der Waals surface area contributed by atoms with E-state index in [1.54, 1.807) is 65.7 Å². The number of hydrogen-bond acceptors (Lipinski definition) is 6. The van der Waals surface area contributed by atoms with Gasteiger partial charge < -0.3 is 0 Å². The monoisotopic (exact) mass is 428 g/mol. The number of carbonyl (C=O) groups is 1. The summed E-state index contributed by atoms with van der Waals surface area (Å²) in [5.41, 5.74) is 6.59. The highest BCUT2D eigenvalue weighted by Gasteiger charge is 2.06. The van der Waals surface area contributed by atoms with Crippen molar-refractivity contribution in [1.29, 1.82) is 5.26 Å². The zero-order valence-electron chi connectivity index (χ0n) is 15.8. The van der Waals surface area contributed by atoms with E-state index in [2.05, 4.69) is 27.6 Å². The summed E-state index contributed by atoms with van der Waals surface area (Å²) in [5, 5.41) is 12.8. The lowest BCUT2D eigenvalue weighted by molar-refractivity contribution is 0.0955. The van der Waals surface area contributed by atoms with E-state index in [-0.39, 0.29) is 5.91 Å². The largest absolute Gasteiger partial charge is 0.271 e. The number of nitrogens with one attached hydrogen (secondary N) is 1. The lowest BCUT2D eigenvalue weighted by Crippen LogP contribution is -2.17. The molecule has 0 saturated heterocycles. The summed E-state index contributed by atoms with van der Waals surface area (Å²) in [6.45, 7) is 0. The van der Waals surface area contributed by atoms with Gasteiger partial charge in [0, 0.05) is 11.3 Å². The lowest BCUT2D eigenvalue weighted by Gasteiger charge is -2.03. The number of benzene rings is 3. The quantitative estimate of drug-likeness (QED) is 0.259. The van der Waals surface area contributed by atoms with Gasteiger partial charge in [-0.3, -0.25) is 4.79 Å². The van der Waals surface area contributed by atoms with Crippen LogP contribution in [-0.4, -0.2) is 17.1 Å². The van der Waals surface area contributed by atoms with Crippen LogP contribution in [0.5, 0.6) is 0 Å². The van der Waals surface area contributed by atoms with E-state index in [9.17, 15) is 4.79 Å². The zero-order chi connectivity index (χ0) is 20.8. The fourth-order valence-electron chi connectivity index (χ4n) is 2.68. The van der Waals surface area contributed by atoms with Gasteiger partial charge in [-0.15, -0.1) is 11.3 Å². The van der Waals surface area contributed by atoms with E-state index in [0.717, 1.165) is 26.7 Å². The van der Waals surface area contributed by atoms with E-state index >= 15 is 0 Å². The van der Waals surface area contributed by atoms with Crippen LogP contribution in [0.3, 0.4) is 0 Å². The second-order valence-corrected chi connectivity index (χ2v) is 8.62. The number of hydrazone groups is 1. The van der Waals surface area contributed by atoms with Crippen LogP contribution in [0.15, 0.2) is 82.2 Å². The number of amides is 1. The van der Waals surface area contributed by atoms with Crippen molar-refractivity contribution >= 4 is 45.4 Å². The minimum absolute atomic E-state index is 0.273. The number of thiazole rings is 1. The van der Waals surface area contributed by atoms with Gasteiger partial charge in [-0.1, -0.05) is 48.2 Å². The molecule has 4 aromatic rings. The van der Waals surface area contributed by atoms with Crippen LogP contribution in [0.25, 0.3) is 10.2 Å². The van der Waals surface area contributed by atoms with Crippen molar-refractivity contribution in [2.24, 2.45) is 5.10 Å². The fourth-order valence-corrected chi connectivity index (χ4v) is 4.71. The van der Waals surface area contributed by atoms with Gasteiger partial charge in [0.15, 0.2) is 4.34 Å². The minimum atomic E-state index is -0.273. The molecule has 1 amide bonds.